The minimum atomic E-state index is -2.69. The number of nitrogens with zero attached hydrogens (tertiary/aromatic N) is 3. The Morgan fingerprint density at radius 3 is 2.32 bits per heavy atom. The van der Waals surface area contributed by atoms with Gasteiger partial charge in [0.15, 0.2) is 0 Å². The lowest BCUT2D eigenvalue weighted by Crippen LogP contribution is -2.51. The number of aryl methyl sites for hydroxylation is 1. The van der Waals surface area contributed by atoms with Crippen LogP contribution in [0.4, 0.5) is 0 Å². The molecule has 1 saturated heterocycles. The molecule has 9 heteroatoms. The Hall–Kier alpha value is -2.52. The number of pyridine rings is 1. The third-order valence-electron chi connectivity index (χ3n) is 4.95. The molecule has 1 aromatic heterocycles. The summed E-state index contributed by atoms with van der Waals surface area (Å²) in [4.78, 5) is 33.1. The molecule has 2 aliphatic rings. The normalized spacial score (nSPS) is 22.3. The second-order valence-electron chi connectivity index (χ2n) is 7.00. The van der Waals surface area contributed by atoms with Crippen molar-refractivity contribution in [3.05, 3.63) is 53.4 Å². The van der Waals surface area contributed by atoms with Gasteiger partial charge in [-0.3, -0.25) is 9.59 Å². The zero-order chi connectivity index (χ0) is 20.3. The summed E-state index contributed by atoms with van der Waals surface area (Å²) in [6.07, 6.45) is 5.15. The predicted molar refractivity (Wildman–Crippen MR) is 105 cm³/mol. The standard InChI is InChI=1S/C19H24N4O4S/c1-13-12-15(6-7-16(13)21-28(26)27)18(24)22-8-10-23(11-9-22)19(25)17-5-3-4-14(2)20-17/h3-7,12-13,16,28H,8-11H2,1-2H3,(H,21,26,27). The van der Waals surface area contributed by atoms with E-state index in [0.717, 1.165) is 5.69 Å². The van der Waals surface area contributed by atoms with E-state index in [1.165, 1.54) is 0 Å². The first-order valence-electron chi connectivity index (χ1n) is 9.18. The van der Waals surface area contributed by atoms with Crippen molar-refractivity contribution < 1.29 is 18.0 Å². The van der Waals surface area contributed by atoms with Crippen molar-refractivity contribution >= 4 is 22.7 Å². The monoisotopic (exact) mass is 404 g/mol. The quantitative estimate of drug-likeness (QED) is 0.703. The van der Waals surface area contributed by atoms with Crippen molar-refractivity contribution in [3.8, 4) is 0 Å². The molecule has 2 amide bonds. The van der Waals surface area contributed by atoms with Crippen LogP contribution in [0.1, 0.15) is 23.1 Å². The van der Waals surface area contributed by atoms with Gasteiger partial charge in [0.2, 0.25) is 10.9 Å². The first kappa shape index (κ1) is 20.2. The molecule has 1 aromatic rings. The second-order valence-corrected chi connectivity index (χ2v) is 7.77. The molecule has 0 aromatic carbocycles. The third-order valence-corrected chi connectivity index (χ3v) is 5.46. The van der Waals surface area contributed by atoms with Crippen LogP contribution in [0.5, 0.6) is 0 Å². The average molecular weight is 404 g/mol. The number of nitrogens with one attached hydrogen (secondary N) is 1. The number of amides is 2. The Morgan fingerprint density at radius 2 is 1.75 bits per heavy atom. The Kier molecular flexibility index (Phi) is 6.25. The highest BCUT2D eigenvalue weighted by Gasteiger charge is 2.28. The number of carbonyl (C=O) groups is 2. The van der Waals surface area contributed by atoms with Crippen LogP contribution in [0.2, 0.25) is 0 Å². The maximum atomic E-state index is 12.8. The lowest BCUT2D eigenvalue weighted by Gasteiger charge is -2.35. The van der Waals surface area contributed by atoms with E-state index in [1.807, 2.05) is 26.0 Å². The molecular formula is C19H24N4O4S. The Bertz CT molecular complexity index is 893. The molecule has 1 fully saturated rings. The van der Waals surface area contributed by atoms with Crippen LogP contribution in [0.3, 0.4) is 0 Å². The summed E-state index contributed by atoms with van der Waals surface area (Å²) in [6, 6.07) is 5.01. The molecule has 0 radical (unpaired) electrons. The first-order valence-corrected chi connectivity index (χ1v) is 10.4. The zero-order valence-corrected chi connectivity index (χ0v) is 16.8. The van der Waals surface area contributed by atoms with Crippen LogP contribution in [0.15, 0.2) is 42.0 Å². The summed E-state index contributed by atoms with van der Waals surface area (Å²) in [6.45, 7) is 5.50. The predicted octanol–water partition coefficient (Wildman–Crippen LogP) is 0.291. The van der Waals surface area contributed by atoms with E-state index in [9.17, 15) is 18.0 Å². The summed E-state index contributed by atoms with van der Waals surface area (Å²) in [7, 11) is -2.69. The van der Waals surface area contributed by atoms with Crippen LogP contribution >= 0.6 is 0 Å². The van der Waals surface area contributed by atoms with Crippen LogP contribution in [-0.2, 0) is 15.7 Å². The van der Waals surface area contributed by atoms with E-state index < -0.39 is 10.9 Å². The van der Waals surface area contributed by atoms with Gasteiger partial charge in [-0.05, 0) is 25.0 Å². The van der Waals surface area contributed by atoms with Crippen LogP contribution in [0, 0.1) is 12.8 Å². The highest BCUT2D eigenvalue weighted by atomic mass is 32.2. The maximum Gasteiger partial charge on any atom is 0.272 e. The van der Waals surface area contributed by atoms with Gasteiger partial charge in [0, 0.05) is 43.5 Å². The van der Waals surface area contributed by atoms with E-state index >= 15 is 0 Å². The largest absolute Gasteiger partial charge is 0.335 e. The van der Waals surface area contributed by atoms with Crippen LogP contribution < -0.4 is 4.72 Å². The summed E-state index contributed by atoms with van der Waals surface area (Å²) in [5.74, 6) is -0.345. The molecule has 2 heterocycles. The number of thiol groups is 1. The minimum Gasteiger partial charge on any atom is -0.335 e. The number of hydrogen-bond acceptors (Lipinski definition) is 5. The summed E-state index contributed by atoms with van der Waals surface area (Å²) < 4.78 is 24.1. The third kappa shape index (κ3) is 4.66. The van der Waals surface area contributed by atoms with E-state index in [2.05, 4.69) is 9.71 Å². The molecule has 1 aliphatic heterocycles. The highest BCUT2D eigenvalue weighted by molar-refractivity contribution is 7.70. The Labute approximate surface area is 166 Å². The fraction of sp³-hybridized carbons (Fsp3) is 0.421. The molecule has 0 saturated carbocycles. The number of aromatic nitrogens is 1. The van der Waals surface area contributed by atoms with Gasteiger partial charge < -0.3 is 9.80 Å². The van der Waals surface area contributed by atoms with Gasteiger partial charge in [0.05, 0.1) is 0 Å². The lowest BCUT2D eigenvalue weighted by molar-refractivity contribution is -0.128. The number of carbonyl (C=O) groups excluding carboxylic acids is 2. The molecule has 2 unspecified atom stereocenters. The van der Waals surface area contributed by atoms with E-state index in [4.69, 9.17) is 0 Å². The maximum absolute atomic E-state index is 12.8. The van der Waals surface area contributed by atoms with Gasteiger partial charge in [-0.2, -0.15) is 0 Å². The fourth-order valence-electron chi connectivity index (χ4n) is 3.37. The summed E-state index contributed by atoms with van der Waals surface area (Å²) in [5, 5.41) is 0. The smallest absolute Gasteiger partial charge is 0.272 e. The van der Waals surface area contributed by atoms with Crippen LogP contribution in [0.25, 0.3) is 0 Å². The van der Waals surface area contributed by atoms with Crippen LogP contribution in [-0.4, -0.2) is 67.2 Å². The molecule has 28 heavy (non-hydrogen) atoms. The van der Waals surface area contributed by atoms with Gasteiger partial charge in [-0.1, -0.05) is 31.2 Å². The SMILES string of the molecule is Cc1cccc(C(=O)N2CCN(C(=O)C3=CC(C)C(N[SH](=O)=O)C=C3)CC2)n1. The van der Waals surface area contributed by atoms with Crippen molar-refractivity contribution in [1.82, 2.24) is 19.5 Å². The van der Waals surface area contributed by atoms with Crippen molar-refractivity contribution in [2.75, 3.05) is 26.2 Å². The molecule has 1 aliphatic carbocycles. The van der Waals surface area contributed by atoms with Crippen molar-refractivity contribution in [2.24, 2.45) is 5.92 Å². The number of rotatable bonds is 4. The number of hydrogen-bond donors (Lipinski definition) is 2. The number of piperazine rings is 1. The molecular weight excluding hydrogens is 380 g/mol. The molecule has 3 rings (SSSR count). The highest BCUT2D eigenvalue weighted by Crippen LogP contribution is 2.20. The zero-order valence-electron chi connectivity index (χ0n) is 15.9. The summed E-state index contributed by atoms with van der Waals surface area (Å²) in [5.41, 5.74) is 1.76. The van der Waals surface area contributed by atoms with Gasteiger partial charge in [0.25, 0.3) is 11.8 Å². The molecule has 150 valence electrons. The van der Waals surface area contributed by atoms with Crippen molar-refractivity contribution in [2.45, 2.75) is 19.9 Å². The van der Waals surface area contributed by atoms with E-state index in [1.54, 1.807) is 34.1 Å². The summed E-state index contributed by atoms with van der Waals surface area (Å²) >= 11 is 0. The van der Waals surface area contributed by atoms with E-state index in [-0.39, 0.29) is 23.8 Å². The van der Waals surface area contributed by atoms with Crippen molar-refractivity contribution in [1.29, 1.82) is 0 Å². The fourth-order valence-corrected chi connectivity index (χ4v) is 3.93. The molecule has 8 nitrogen and oxygen atoms in total. The molecule has 2 atom stereocenters. The first-order chi connectivity index (χ1) is 13.3. The second kappa shape index (κ2) is 8.66. The minimum absolute atomic E-state index is 0.103. The Morgan fingerprint density at radius 1 is 1.11 bits per heavy atom. The van der Waals surface area contributed by atoms with Gasteiger partial charge in [-0.25, -0.2) is 18.1 Å². The average Bonchev–Trinajstić information content (AvgIpc) is 2.68. The van der Waals surface area contributed by atoms with E-state index in [0.29, 0.717) is 37.4 Å². The van der Waals surface area contributed by atoms with Gasteiger partial charge in [0.1, 0.15) is 5.69 Å². The van der Waals surface area contributed by atoms with Crippen molar-refractivity contribution in [3.63, 3.8) is 0 Å². The van der Waals surface area contributed by atoms with Gasteiger partial charge in [-0.15, -0.1) is 0 Å². The lowest BCUT2D eigenvalue weighted by atomic mass is 9.93. The van der Waals surface area contributed by atoms with Gasteiger partial charge >= 0.3 is 0 Å². The molecule has 0 spiro atoms. The molecule has 1 N–H and O–H groups in total. The molecule has 0 bridgehead atoms. The topological polar surface area (TPSA) is 99.7 Å². The Balaban J connectivity index is 1.58.